The fourth-order valence-electron chi connectivity index (χ4n) is 3.41. The number of Topliss-reactive ketones (excluding diaryl/α,β-unsaturated/α-hetero) is 1. The molecule has 11 heteroatoms. The van der Waals surface area contributed by atoms with Crippen LogP contribution in [0.15, 0.2) is 23.9 Å². The molecular weight excluding hydrogens is 472 g/mol. The Morgan fingerprint density at radius 2 is 1.97 bits per heavy atom. The first-order chi connectivity index (χ1) is 16.5. The number of allylic oxidation sites excluding steroid dienone is 1. The van der Waals surface area contributed by atoms with Crippen LogP contribution in [0.1, 0.15) is 61.5 Å². The monoisotopic (exact) mass is 502 g/mol. The van der Waals surface area contributed by atoms with Crippen molar-refractivity contribution in [3.63, 3.8) is 0 Å². The van der Waals surface area contributed by atoms with Gasteiger partial charge in [0.2, 0.25) is 5.91 Å². The lowest BCUT2D eigenvalue weighted by molar-refractivity contribution is -0.117. The highest BCUT2D eigenvalue weighted by atomic mass is 32.1. The van der Waals surface area contributed by atoms with Crippen LogP contribution in [0.5, 0.6) is 0 Å². The van der Waals surface area contributed by atoms with Gasteiger partial charge >= 0.3 is 6.09 Å². The number of rotatable bonds is 8. The van der Waals surface area contributed by atoms with Crippen LogP contribution in [0, 0.1) is 0 Å². The van der Waals surface area contributed by atoms with Gasteiger partial charge in [0.25, 0.3) is 0 Å². The largest absolute Gasteiger partial charge is 0.506 e. The molecule has 2 heterocycles. The van der Waals surface area contributed by atoms with Crippen LogP contribution < -0.4 is 10.2 Å². The SMILES string of the molecule is CCN(C(=O)OC(C)(C)C)c1ccc(C(=O)C2=C(O)c3sc(NC(=O)CCOC)nc3CC2)cn1. The molecule has 3 rings (SSSR count). The first-order valence-corrected chi connectivity index (χ1v) is 12.1. The van der Waals surface area contributed by atoms with E-state index in [1.54, 1.807) is 39.8 Å². The molecule has 2 aromatic rings. The molecule has 0 bridgehead atoms. The number of aliphatic hydroxyl groups excluding tert-OH is 1. The second-order valence-corrected chi connectivity index (χ2v) is 9.87. The number of aromatic nitrogens is 2. The van der Waals surface area contributed by atoms with Gasteiger partial charge in [0.15, 0.2) is 10.9 Å². The maximum Gasteiger partial charge on any atom is 0.415 e. The molecule has 0 radical (unpaired) electrons. The third-order valence-corrected chi connectivity index (χ3v) is 6.10. The van der Waals surface area contributed by atoms with Crippen molar-refractivity contribution in [2.75, 3.05) is 30.5 Å². The number of carbonyl (C=O) groups is 3. The third kappa shape index (κ3) is 6.43. The van der Waals surface area contributed by atoms with Crippen LogP contribution in [-0.4, -0.2) is 58.7 Å². The van der Waals surface area contributed by atoms with Crippen molar-refractivity contribution in [3.8, 4) is 0 Å². The van der Waals surface area contributed by atoms with Gasteiger partial charge in [-0.25, -0.2) is 14.8 Å². The predicted molar refractivity (Wildman–Crippen MR) is 133 cm³/mol. The van der Waals surface area contributed by atoms with Crippen LogP contribution in [0.2, 0.25) is 0 Å². The summed E-state index contributed by atoms with van der Waals surface area (Å²) in [6.45, 7) is 7.79. The van der Waals surface area contributed by atoms with E-state index in [-0.39, 0.29) is 35.0 Å². The van der Waals surface area contributed by atoms with E-state index in [9.17, 15) is 19.5 Å². The van der Waals surface area contributed by atoms with Gasteiger partial charge in [-0.15, -0.1) is 0 Å². The van der Waals surface area contributed by atoms with Crippen molar-refractivity contribution in [2.24, 2.45) is 0 Å². The van der Waals surface area contributed by atoms with Gasteiger partial charge in [-0.2, -0.15) is 0 Å². The summed E-state index contributed by atoms with van der Waals surface area (Å²) in [6.07, 6.45) is 1.81. The first-order valence-electron chi connectivity index (χ1n) is 11.3. The number of ketones is 1. The first kappa shape index (κ1) is 26.3. The average molecular weight is 503 g/mol. The lowest BCUT2D eigenvalue weighted by Gasteiger charge is -2.26. The van der Waals surface area contributed by atoms with E-state index in [1.807, 2.05) is 0 Å². The highest BCUT2D eigenvalue weighted by molar-refractivity contribution is 7.16. The fraction of sp³-hybridized carbons (Fsp3) is 0.458. The second-order valence-electron chi connectivity index (χ2n) is 8.87. The van der Waals surface area contributed by atoms with Gasteiger partial charge in [0.05, 0.1) is 23.6 Å². The molecule has 2 amide bonds. The van der Waals surface area contributed by atoms with E-state index in [0.717, 1.165) is 11.3 Å². The summed E-state index contributed by atoms with van der Waals surface area (Å²) in [7, 11) is 1.51. The van der Waals surface area contributed by atoms with E-state index in [4.69, 9.17) is 9.47 Å². The summed E-state index contributed by atoms with van der Waals surface area (Å²) in [4.78, 5) is 48.0. The minimum absolute atomic E-state index is 0.140. The molecule has 0 aromatic carbocycles. The zero-order valence-electron chi connectivity index (χ0n) is 20.5. The van der Waals surface area contributed by atoms with Crippen molar-refractivity contribution in [1.82, 2.24) is 9.97 Å². The Balaban J connectivity index is 1.77. The number of ether oxygens (including phenoxy) is 2. The number of aryl methyl sites for hydroxylation is 1. The number of nitrogens with zero attached hydrogens (tertiary/aromatic N) is 3. The molecule has 0 saturated heterocycles. The number of aliphatic hydroxyl groups is 1. The van der Waals surface area contributed by atoms with E-state index >= 15 is 0 Å². The smallest absolute Gasteiger partial charge is 0.415 e. The molecule has 1 aliphatic rings. The number of anilines is 2. The number of pyridine rings is 1. The molecule has 35 heavy (non-hydrogen) atoms. The van der Waals surface area contributed by atoms with Gasteiger partial charge in [-0.3, -0.25) is 14.5 Å². The van der Waals surface area contributed by atoms with Gasteiger partial charge in [0.1, 0.15) is 17.2 Å². The zero-order chi connectivity index (χ0) is 25.8. The molecule has 0 atom stereocenters. The van der Waals surface area contributed by atoms with Crippen LogP contribution in [0.4, 0.5) is 15.7 Å². The predicted octanol–water partition coefficient (Wildman–Crippen LogP) is 4.37. The Hall–Kier alpha value is -3.31. The van der Waals surface area contributed by atoms with Crippen LogP contribution in [-0.2, 0) is 20.7 Å². The number of amides is 2. The number of hydrogen-bond donors (Lipinski definition) is 2. The summed E-state index contributed by atoms with van der Waals surface area (Å²) in [5, 5.41) is 13.9. The van der Waals surface area contributed by atoms with Crippen molar-refractivity contribution in [3.05, 3.63) is 40.0 Å². The highest BCUT2D eigenvalue weighted by Crippen LogP contribution is 2.37. The van der Waals surface area contributed by atoms with Crippen LogP contribution in [0.25, 0.3) is 5.76 Å². The molecular formula is C24H30N4O6S. The summed E-state index contributed by atoms with van der Waals surface area (Å²) < 4.78 is 10.3. The molecule has 10 nitrogen and oxygen atoms in total. The molecule has 0 aliphatic heterocycles. The maximum atomic E-state index is 13.1. The molecule has 188 valence electrons. The van der Waals surface area contributed by atoms with Crippen LogP contribution in [0.3, 0.4) is 0 Å². The average Bonchev–Trinajstić information content (AvgIpc) is 3.20. The number of fused-ring (bicyclic) bond motifs is 1. The Morgan fingerprint density at radius 3 is 2.57 bits per heavy atom. The Bertz CT molecular complexity index is 1130. The minimum Gasteiger partial charge on any atom is -0.506 e. The minimum atomic E-state index is -0.645. The topological polar surface area (TPSA) is 131 Å². The van der Waals surface area contributed by atoms with E-state index < -0.39 is 11.7 Å². The summed E-state index contributed by atoms with van der Waals surface area (Å²) in [6, 6.07) is 3.15. The molecule has 0 saturated carbocycles. The summed E-state index contributed by atoms with van der Waals surface area (Å²) in [5.74, 6) is -0.374. The zero-order valence-corrected chi connectivity index (χ0v) is 21.3. The van der Waals surface area contributed by atoms with Gasteiger partial charge < -0.3 is 19.9 Å². The quantitative estimate of drug-likeness (QED) is 0.509. The van der Waals surface area contributed by atoms with E-state index in [0.29, 0.717) is 47.5 Å². The summed E-state index contributed by atoms with van der Waals surface area (Å²) in [5.41, 5.74) is 0.535. The van der Waals surface area contributed by atoms with Crippen molar-refractivity contribution < 1.29 is 29.0 Å². The highest BCUT2D eigenvalue weighted by Gasteiger charge is 2.29. The van der Waals surface area contributed by atoms with Crippen molar-refractivity contribution in [2.45, 2.75) is 52.6 Å². The van der Waals surface area contributed by atoms with E-state index in [2.05, 4.69) is 15.3 Å². The Kier molecular flexibility index (Phi) is 8.23. The fourth-order valence-corrected chi connectivity index (χ4v) is 4.41. The molecule has 1 aliphatic carbocycles. The lowest BCUT2D eigenvalue weighted by atomic mass is 9.93. The molecule has 2 aromatic heterocycles. The molecule has 2 N–H and O–H groups in total. The van der Waals surface area contributed by atoms with Crippen LogP contribution >= 0.6 is 11.3 Å². The molecule has 0 fully saturated rings. The molecule has 0 unspecified atom stereocenters. The number of methoxy groups -OCH3 is 1. The van der Waals surface area contributed by atoms with Crippen molar-refractivity contribution in [1.29, 1.82) is 0 Å². The standard InChI is InChI=1S/C24H30N4O6S/c1-6-28(23(32)34-24(2,3)4)17-10-7-14(13-25-17)19(30)15-8-9-16-21(20(15)31)35-22(26-16)27-18(29)11-12-33-5/h7,10,13,31H,6,8-9,11-12H2,1-5H3,(H,26,27,29). The number of hydrogen-bond acceptors (Lipinski definition) is 9. The number of carbonyl (C=O) groups excluding carboxylic acids is 3. The molecule has 0 spiro atoms. The lowest BCUT2D eigenvalue weighted by Crippen LogP contribution is -2.37. The number of nitrogens with one attached hydrogen (secondary N) is 1. The Morgan fingerprint density at radius 1 is 1.23 bits per heavy atom. The normalized spacial score (nSPS) is 13.3. The Labute approximate surface area is 208 Å². The third-order valence-electron chi connectivity index (χ3n) is 5.08. The van der Waals surface area contributed by atoms with Crippen molar-refractivity contribution >= 4 is 45.8 Å². The summed E-state index contributed by atoms with van der Waals surface area (Å²) >= 11 is 1.12. The maximum absolute atomic E-state index is 13.1. The van der Waals surface area contributed by atoms with E-state index in [1.165, 1.54) is 18.2 Å². The second kappa shape index (κ2) is 11.0. The van der Waals surface area contributed by atoms with Gasteiger partial charge in [0, 0.05) is 31.0 Å². The number of thiazole rings is 1. The van der Waals surface area contributed by atoms with Gasteiger partial charge in [-0.1, -0.05) is 11.3 Å². The van der Waals surface area contributed by atoms with Gasteiger partial charge in [-0.05, 0) is 52.7 Å².